The number of rotatable bonds is 5. The lowest BCUT2D eigenvalue weighted by atomic mass is 9.97. The van der Waals surface area contributed by atoms with E-state index in [1.54, 1.807) is 32.2 Å². The van der Waals surface area contributed by atoms with Crippen LogP contribution in [0.15, 0.2) is 18.2 Å². The number of nitrogens with one attached hydrogen (secondary N) is 1. The topological polar surface area (TPSA) is 69.6 Å². The molecule has 0 aliphatic carbocycles. The minimum absolute atomic E-state index is 0.316. The molecular weight excluding hydrogens is 206 g/mol. The molecule has 0 aliphatic rings. The molecule has 0 saturated heterocycles. The van der Waals surface area contributed by atoms with Gasteiger partial charge in [-0.3, -0.25) is 4.79 Å². The fourth-order valence-electron chi connectivity index (χ4n) is 1.63. The van der Waals surface area contributed by atoms with E-state index in [1.165, 1.54) is 0 Å². The summed E-state index contributed by atoms with van der Waals surface area (Å²) in [4.78, 5) is 10.6. The molecule has 88 valence electrons. The van der Waals surface area contributed by atoms with E-state index in [9.17, 15) is 15.0 Å². The average molecular weight is 223 g/mol. The molecule has 0 aromatic heterocycles. The molecule has 0 spiro atoms. The highest BCUT2D eigenvalue weighted by atomic mass is 16.3. The van der Waals surface area contributed by atoms with Crippen molar-refractivity contribution in [2.24, 2.45) is 0 Å². The average Bonchev–Trinajstić information content (AvgIpc) is 2.28. The van der Waals surface area contributed by atoms with E-state index in [2.05, 4.69) is 5.32 Å². The van der Waals surface area contributed by atoms with E-state index in [-0.39, 0.29) is 0 Å². The SMILES string of the molecule is CNCC(O)C(O)c1ccc(C=O)cc1C. The summed E-state index contributed by atoms with van der Waals surface area (Å²) in [7, 11) is 1.71. The summed E-state index contributed by atoms with van der Waals surface area (Å²) >= 11 is 0. The zero-order chi connectivity index (χ0) is 12.1. The third-order valence-corrected chi connectivity index (χ3v) is 2.53. The third kappa shape index (κ3) is 2.88. The van der Waals surface area contributed by atoms with E-state index in [1.807, 2.05) is 0 Å². The number of aryl methyl sites for hydroxylation is 1. The molecule has 4 heteroatoms. The number of carbonyl (C=O) groups is 1. The Morgan fingerprint density at radius 2 is 2.12 bits per heavy atom. The van der Waals surface area contributed by atoms with Gasteiger partial charge in [-0.1, -0.05) is 12.1 Å². The molecule has 0 bridgehead atoms. The lowest BCUT2D eigenvalue weighted by molar-refractivity contribution is 0.0198. The highest BCUT2D eigenvalue weighted by Crippen LogP contribution is 2.21. The van der Waals surface area contributed by atoms with Gasteiger partial charge in [-0.15, -0.1) is 0 Å². The second kappa shape index (κ2) is 5.75. The van der Waals surface area contributed by atoms with Crippen LogP contribution in [0.2, 0.25) is 0 Å². The Labute approximate surface area is 94.9 Å². The Bertz CT molecular complexity index is 365. The lowest BCUT2D eigenvalue weighted by Crippen LogP contribution is -2.29. The highest BCUT2D eigenvalue weighted by Gasteiger charge is 2.19. The van der Waals surface area contributed by atoms with Crippen molar-refractivity contribution in [1.82, 2.24) is 5.32 Å². The van der Waals surface area contributed by atoms with E-state index in [0.717, 1.165) is 11.8 Å². The van der Waals surface area contributed by atoms with Crippen LogP contribution in [0.1, 0.15) is 27.6 Å². The first-order chi connectivity index (χ1) is 7.60. The summed E-state index contributed by atoms with van der Waals surface area (Å²) in [5.41, 5.74) is 2.01. The summed E-state index contributed by atoms with van der Waals surface area (Å²) in [5.74, 6) is 0. The fraction of sp³-hybridized carbons (Fsp3) is 0.417. The van der Waals surface area contributed by atoms with Gasteiger partial charge in [0.1, 0.15) is 12.4 Å². The van der Waals surface area contributed by atoms with Crippen molar-refractivity contribution in [2.45, 2.75) is 19.1 Å². The van der Waals surface area contributed by atoms with Gasteiger partial charge in [0.25, 0.3) is 0 Å². The first kappa shape index (κ1) is 12.8. The second-order valence-electron chi connectivity index (χ2n) is 3.80. The summed E-state index contributed by atoms with van der Waals surface area (Å²) in [6.07, 6.45) is -1.04. The van der Waals surface area contributed by atoms with Crippen LogP contribution in [0.25, 0.3) is 0 Å². The Hall–Kier alpha value is -1.23. The van der Waals surface area contributed by atoms with Gasteiger partial charge in [0.15, 0.2) is 0 Å². The number of aldehydes is 1. The van der Waals surface area contributed by atoms with Gasteiger partial charge < -0.3 is 15.5 Å². The number of hydrogen-bond donors (Lipinski definition) is 3. The number of likely N-dealkylation sites (N-methyl/N-ethyl adjacent to an activating group) is 1. The quantitative estimate of drug-likeness (QED) is 0.633. The van der Waals surface area contributed by atoms with Gasteiger partial charge in [-0.25, -0.2) is 0 Å². The van der Waals surface area contributed by atoms with Gasteiger partial charge in [-0.05, 0) is 31.2 Å². The van der Waals surface area contributed by atoms with E-state index < -0.39 is 12.2 Å². The summed E-state index contributed by atoms with van der Waals surface area (Å²) in [6, 6.07) is 4.99. The minimum Gasteiger partial charge on any atom is -0.389 e. The molecule has 0 radical (unpaired) electrons. The van der Waals surface area contributed by atoms with Gasteiger partial charge in [0.2, 0.25) is 0 Å². The molecule has 0 aliphatic heterocycles. The van der Waals surface area contributed by atoms with Crippen molar-refractivity contribution < 1.29 is 15.0 Å². The van der Waals surface area contributed by atoms with Crippen molar-refractivity contribution in [2.75, 3.05) is 13.6 Å². The zero-order valence-electron chi connectivity index (χ0n) is 9.47. The summed E-state index contributed by atoms with van der Waals surface area (Å²) in [6.45, 7) is 2.12. The Morgan fingerprint density at radius 1 is 1.44 bits per heavy atom. The van der Waals surface area contributed by atoms with E-state index in [4.69, 9.17) is 0 Å². The van der Waals surface area contributed by atoms with Crippen molar-refractivity contribution >= 4 is 6.29 Å². The standard InChI is InChI=1S/C12H17NO3/c1-8-5-9(7-14)3-4-10(8)12(16)11(15)6-13-2/h3-5,7,11-13,15-16H,6H2,1-2H3. The van der Waals surface area contributed by atoms with E-state index >= 15 is 0 Å². The smallest absolute Gasteiger partial charge is 0.150 e. The third-order valence-electron chi connectivity index (χ3n) is 2.53. The number of benzene rings is 1. The molecular formula is C12H17NO3. The molecule has 0 heterocycles. The monoisotopic (exact) mass is 223 g/mol. The van der Waals surface area contributed by atoms with Gasteiger partial charge in [0.05, 0.1) is 6.10 Å². The van der Waals surface area contributed by atoms with Crippen LogP contribution >= 0.6 is 0 Å². The van der Waals surface area contributed by atoms with Crippen LogP contribution < -0.4 is 5.32 Å². The van der Waals surface area contributed by atoms with Gasteiger partial charge >= 0.3 is 0 Å². The number of aliphatic hydroxyl groups is 2. The van der Waals surface area contributed by atoms with Crippen LogP contribution in [0.4, 0.5) is 0 Å². The van der Waals surface area contributed by atoms with Crippen molar-refractivity contribution in [1.29, 1.82) is 0 Å². The second-order valence-corrected chi connectivity index (χ2v) is 3.80. The van der Waals surface area contributed by atoms with Crippen LogP contribution in [0.3, 0.4) is 0 Å². The highest BCUT2D eigenvalue weighted by molar-refractivity contribution is 5.75. The molecule has 1 rings (SSSR count). The zero-order valence-corrected chi connectivity index (χ0v) is 9.47. The molecule has 0 fully saturated rings. The Kier molecular flexibility index (Phi) is 4.61. The molecule has 16 heavy (non-hydrogen) atoms. The lowest BCUT2D eigenvalue weighted by Gasteiger charge is -2.19. The van der Waals surface area contributed by atoms with E-state index in [0.29, 0.717) is 17.7 Å². The normalized spacial score (nSPS) is 14.5. The van der Waals surface area contributed by atoms with Crippen LogP contribution in [0.5, 0.6) is 0 Å². The summed E-state index contributed by atoms with van der Waals surface area (Å²) < 4.78 is 0. The number of aliphatic hydroxyl groups excluding tert-OH is 2. The van der Waals surface area contributed by atoms with Crippen molar-refractivity contribution in [3.8, 4) is 0 Å². The molecule has 1 aromatic carbocycles. The van der Waals surface area contributed by atoms with Gasteiger partial charge in [-0.2, -0.15) is 0 Å². The molecule has 2 atom stereocenters. The number of hydrogen-bond acceptors (Lipinski definition) is 4. The first-order valence-corrected chi connectivity index (χ1v) is 5.16. The fourth-order valence-corrected chi connectivity index (χ4v) is 1.63. The molecule has 4 nitrogen and oxygen atoms in total. The van der Waals surface area contributed by atoms with Gasteiger partial charge in [0, 0.05) is 12.1 Å². The van der Waals surface area contributed by atoms with Crippen LogP contribution in [0, 0.1) is 6.92 Å². The number of carbonyl (C=O) groups excluding carboxylic acids is 1. The first-order valence-electron chi connectivity index (χ1n) is 5.16. The van der Waals surface area contributed by atoms with Crippen molar-refractivity contribution in [3.63, 3.8) is 0 Å². The molecule has 0 saturated carbocycles. The molecule has 0 amide bonds. The largest absolute Gasteiger partial charge is 0.389 e. The van der Waals surface area contributed by atoms with Crippen LogP contribution in [-0.4, -0.2) is 36.2 Å². The predicted molar refractivity (Wildman–Crippen MR) is 61.5 cm³/mol. The molecule has 3 N–H and O–H groups in total. The maximum Gasteiger partial charge on any atom is 0.150 e. The Balaban J connectivity index is 2.91. The van der Waals surface area contributed by atoms with Crippen LogP contribution in [-0.2, 0) is 0 Å². The molecule has 2 unspecified atom stereocenters. The maximum atomic E-state index is 10.6. The Morgan fingerprint density at radius 3 is 2.62 bits per heavy atom. The van der Waals surface area contributed by atoms with Crippen molar-refractivity contribution in [3.05, 3.63) is 34.9 Å². The maximum absolute atomic E-state index is 10.6. The predicted octanol–water partition coefficient (Wildman–Crippen LogP) is 0.421. The minimum atomic E-state index is -0.937. The summed E-state index contributed by atoms with van der Waals surface area (Å²) in [5, 5.41) is 22.3. The molecule has 1 aromatic rings.